The summed E-state index contributed by atoms with van der Waals surface area (Å²) in [6.45, 7) is 9.67. The second-order valence-corrected chi connectivity index (χ2v) is 6.02. The summed E-state index contributed by atoms with van der Waals surface area (Å²) >= 11 is 0. The van der Waals surface area contributed by atoms with Crippen molar-refractivity contribution in [2.45, 2.75) is 40.2 Å². The lowest BCUT2D eigenvalue weighted by atomic mass is 10.1. The standard InChI is InChI=1S/C11H14O3.C8H10/c1-11(2,3)14-13-10(12)9-7-5-4-6-8-9;1-7-5-3-4-6-8(7)2/h4-8H,1-3H3;3-6H,1-2H3. The van der Waals surface area contributed by atoms with Crippen molar-refractivity contribution in [3.05, 3.63) is 71.3 Å². The highest BCUT2D eigenvalue weighted by Gasteiger charge is 2.15. The summed E-state index contributed by atoms with van der Waals surface area (Å²) in [5.74, 6) is -0.472. The second-order valence-electron chi connectivity index (χ2n) is 6.02. The summed E-state index contributed by atoms with van der Waals surface area (Å²) in [6, 6.07) is 17.1. The van der Waals surface area contributed by atoms with Crippen LogP contribution in [0.2, 0.25) is 0 Å². The third-order valence-corrected chi connectivity index (χ3v) is 2.80. The number of hydrogen-bond donors (Lipinski definition) is 0. The zero-order chi connectivity index (χ0) is 16.6. The Labute approximate surface area is 132 Å². The van der Waals surface area contributed by atoms with E-state index in [-0.39, 0.29) is 0 Å². The van der Waals surface area contributed by atoms with Gasteiger partial charge in [0.15, 0.2) is 0 Å². The molecule has 0 fully saturated rings. The number of aryl methyl sites for hydroxylation is 2. The summed E-state index contributed by atoms with van der Waals surface area (Å²) in [5, 5.41) is 0. The molecule has 0 bridgehead atoms. The van der Waals surface area contributed by atoms with E-state index in [1.807, 2.05) is 26.8 Å². The number of rotatable bonds is 2. The summed E-state index contributed by atoms with van der Waals surface area (Å²) in [4.78, 5) is 20.9. The van der Waals surface area contributed by atoms with E-state index in [1.165, 1.54) is 11.1 Å². The van der Waals surface area contributed by atoms with Gasteiger partial charge in [0.1, 0.15) is 5.60 Å². The zero-order valence-corrected chi connectivity index (χ0v) is 13.9. The maximum absolute atomic E-state index is 11.3. The summed E-state index contributed by atoms with van der Waals surface area (Å²) in [6.07, 6.45) is 0. The molecule has 3 nitrogen and oxygen atoms in total. The maximum atomic E-state index is 11.3. The van der Waals surface area contributed by atoms with Crippen LogP contribution in [0.4, 0.5) is 0 Å². The molecule has 22 heavy (non-hydrogen) atoms. The fourth-order valence-corrected chi connectivity index (χ4v) is 1.45. The summed E-state index contributed by atoms with van der Waals surface area (Å²) in [7, 11) is 0. The summed E-state index contributed by atoms with van der Waals surface area (Å²) < 4.78 is 0. The fraction of sp³-hybridized carbons (Fsp3) is 0.316. The molecule has 0 atom stereocenters. The molecule has 2 aromatic rings. The average Bonchev–Trinajstić information content (AvgIpc) is 2.49. The van der Waals surface area contributed by atoms with Crippen LogP contribution < -0.4 is 0 Å². The first-order valence-corrected chi connectivity index (χ1v) is 7.27. The quantitative estimate of drug-likeness (QED) is 0.586. The Morgan fingerprint density at radius 3 is 1.68 bits per heavy atom. The van der Waals surface area contributed by atoms with Crippen LogP contribution in [-0.4, -0.2) is 11.6 Å². The van der Waals surface area contributed by atoms with Gasteiger partial charge in [0.05, 0.1) is 5.56 Å². The Balaban J connectivity index is 0.000000255. The number of carbonyl (C=O) groups is 1. The van der Waals surface area contributed by atoms with Gasteiger partial charge >= 0.3 is 5.97 Å². The molecular formula is C19H24O3. The zero-order valence-electron chi connectivity index (χ0n) is 13.9. The Hall–Kier alpha value is -2.13. The molecule has 0 radical (unpaired) electrons. The smallest absolute Gasteiger partial charge is 0.292 e. The van der Waals surface area contributed by atoms with Crippen molar-refractivity contribution < 1.29 is 14.6 Å². The van der Waals surface area contributed by atoms with Crippen LogP contribution in [0, 0.1) is 13.8 Å². The van der Waals surface area contributed by atoms with E-state index >= 15 is 0 Å². The highest BCUT2D eigenvalue weighted by molar-refractivity contribution is 5.88. The van der Waals surface area contributed by atoms with Gasteiger partial charge in [-0.05, 0) is 57.9 Å². The van der Waals surface area contributed by atoms with Gasteiger partial charge in [-0.1, -0.05) is 42.5 Å². The Morgan fingerprint density at radius 2 is 1.27 bits per heavy atom. The molecule has 0 spiro atoms. The van der Waals surface area contributed by atoms with Crippen molar-refractivity contribution in [3.63, 3.8) is 0 Å². The molecule has 2 rings (SSSR count). The van der Waals surface area contributed by atoms with Crippen molar-refractivity contribution in [3.8, 4) is 0 Å². The molecule has 3 heteroatoms. The lowest BCUT2D eigenvalue weighted by Gasteiger charge is -2.16. The molecule has 0 heterocycles. The number of carbonyl (C=O) groups excluding carboxylic acids is 1. The molecule has 0 N–H and O–H groups in total. The molecular weight excluding hydrogens is 276 g/mol. The second kappa shape index (κ2) is 8.35. The molecule has 0 aliphatic carbocycles. The molecule has 0 aliphatic rings. The monoisotopic (exact) mass is 300 g/mol. The van der Waals surface area contributed by atoms with Crippen LogP contribution in [0.5, 0.6) is 0 Å². The molecule has 118 valence electrons. The van der Waals surface area contributed by atoms with Crippen molar-refractivity contribution in [1.29, 1.82) is 0 Å². The lowest BCUT2D eigenvalue weighted by molar-refractivity contribution is -0.301. The predicted molar refractivity (Wildman–Crippen MR) is 88.6 cm³/mol. The van der Waals surface area contributed by atoms with Gasteiger partial charge in [0.25, 0.3) is 0 Å². The van der Waals surface area contributed by atoms with Gasteiger partial charge in [-0.2, -0.15) is 4.89 Å². The van der Waals surface area contributed by atoms with E-state index in [1.54, 1.807) is 24.3 Å². The summed E-state index contributed by atoms with van der Waals surface area (Å²) in [5.41, 5.74) is 2.74. The third kappa shape index (κ3) is 7.04. The predicted octanol–water partition coefficient (Wildman–Crippen LogP) is 4.88. The topological polar surface area (TPSA) is 35.5 Å². The minimum atomic E-state index is -0.482. The first-order valence-electron chi connectivity index (χ1n) is 7.27. The van der Waals surface area contributed by atoms with E-state index in [4.69, 9.17) is 4.89 Å². The van der Waals surface area contributed by atoms with Crippen molar-refractivity contribution in [1.82, 2.24) is 0 Å². The van der Waals surface area contributed by atoms with Crippen LogP contribution in [0.15, 0.2) is 54.6 Å². The van der Waals surface area contributed by atoms with Gasteiger partial charge in [-0.25, -0.2) is 4.79 Å². The molecule has 0 aliphatic heterocycles. The van der Waals surface area contributed by atoms with Crippen LogP contribution in [-0.2, 0) is 9.78 Å². The molecule has 0 saturated heterocycles. The van der Waals surface area contributed by atoms with E-state index in [0.29, 0.717) is 5.56 Å². The molecule has 0 amide bonds. The van der Waals surface area contributed by atoms with Gasteiger partial charge in [-0.3, -0.25) is 4.89 Å². The maximum Gasteiger partial charge on any atom is 0.373 e. The van der Waals surface area contributed by atoms with E-state index in [0.717, 1.165) is 0 Å². The molecule has 0 unspecified atom stereocenters. The van der Waals surface area contributed by atoms with Crippen LogP contribution in [0.25, 0.3) is 0 Å². The van der Waals surface area contributed by atoms with E-state index < -0.39 is 11.6 Å². The third-order valence-electron chi connectivity index (χ3n) is 2.80. The van der Waals surface area contributed by atoms with Crippen LogP contribution in [0.1, 0.15) is 42.3 Å². The lowest BCUT2D eigenvalue weighted by Crippen LogP contribution is -2.21. The first-order chi connectivity index (χ1) is 10.3. The van der Waals surface area contributed by atoms with Crippen LogP contribution in [0.3, 0.4) is 0 Å². The van der Waals surface area contributed by atoms with Gasteiger partial charge < -0.3 is 0 Å². The van der Waals surface area contributed by atoms with E-state index in [2.05, 4.69) is 43.0 Å². The van der Waals surface area contributed by atoms with Crippen molar-refractivity contribution in [2.24, 2.45) is 0 Å². The molecule has 2 aromatic carbocycles. The van der Waals surface area contributed by atoms with E-state index in [9.17, 15) is 4.79 Å². The van der Waals surface area contributed by atoms with Gasteiger partial charge in [0, 0.05) is 0 Å². The molecule has 0 aromatic heterocycles. The van der Waals surface area contributed by atoms with Crippen LogP contribution >= 0.6 is 0 Å². The fourth-order valence-electron chi connectivity index (χ4n) is 1.45. The minimum Gasteiger partial charge on any atom is -0.292 e. The first kappa shape index (κ1) is 17.9. The number of benzene rings is 2. The highest BCUT2D eigenvalue weighted by Crippen LogP contribution is 2.09. The normalized spacial score (nSPS) is 10.4. The average molecular weight is 300 g/mol. The Morgan fingerprint density at radius 1 is 0.818 bits per heavy atom. The van der Waals surface area contributed by atoms with Crippen molar-refractivity contribution >= 4 is 5.97 Å². The SMILES string of the molecule is CC(C)(C)OOC(=O)c1ccccc1.Cc1ccccc1C. The number of hydrogen-bond acceptors (Lipinski definition) is 3. The van der Waals surface area contributed by atoms with Gasteiger partial charge in [-0.15, -0.1) is 0 Å². The Bertz CT molecular complexity index is 562. The Kier molecular flexibility index (Phi) is 6.80. The highest BCUT2D eigenvalue weighted by atomic mass is 17.2. The van der Waals surface area contributed by atoms with Gasteiger partial charge in [0.2, 0.25) is 0 Å². The minimum absolute atomic E-state index is 0.472. The van der Waals surface area contributed by atoms with Crippen molar-refractivity contribution in [2.75, 3.05) is 0 Å². The molecule has 0 saturated carbocycles. The largest absolute Gasteiger partial charge is 0.373 e.